The van der Waals surface area contributed by atoms with Crippen LogP contribution in [0.5, 0.6) is 0 Å². The van der Waals surface area contributed by atoms with Crippen LogP contribution in [0.1, 0.15) is 54.9 Å². The molecular formula is C21H27N3O4S. The Hall–Kier alpha value is -2.35. The molecule has 1 N–H and O–H groups in total. The second kappa shape index (κ2) is 9.91. The molecule has 29 heavy (non-hydrogen) atoms. The van der Waals surface area contributed by atoms with Crippen LogP contribution in [0.2, 0.25) is 0 Å². The van der Waals surface area contributed by atoms with Crippen molar-refractivity contribution in [3.8, 4) is 0 Å². The van der Waals surface area contributed by atoms with Crippen LogP contribution in [0, 0.1) is 18.8 Å². The van der Waals surface area contributed by atoms with E-state index in [1.807, 2.05) is 13.0 Å². The van der Waals surface area contributed by atoms with Crippen molar-refractivity contribution in [3.05, 3.63) is 41.4 Å². The van der Waals surface area contributed by atoms with Gasteiger partial charge in [0, 0.05) is 24.1 Å². The molecule has 1 amide bonds. The van der Waals surface area contributed by atoms with Gasteiger partial charge < -0.3 is 14.6 Å². The van der Waals surface area contributed by atoms with Gasteiger partial charge >= 0.3 is 5.97 Å². The average Bonchev–Trinajstić information content (AvgIpc) is 3.13. The van der Waals surface area contributed by atoms with Crippen molar-refractivity contribution in [2.45, 2.75) is 56.9 Å². The van der Waals surface area contributed by atoms with E-state index in [1.165, 1.54) is 18.2 Å². The Labute approximate surface area is 175 Å². The highest BCUT2D eigenvalue weighted by Crippen LogP contribution is 2.29. The molecule has 2 heterocycles. The number of rotatable bonds is 7. The van der Waals surface area contributed by atoms with Crippen LogP contribution in [-0.4, -0.2) is 34.7 Å². The average molecular weight is 418 g/mol. The fraction of sp³-hybridized carbons (Fsp3) is 0.524. The summed E-state index contributed by atoms with van der Waals surface area (Å²) in [7, 11) is 0. The molecule has 7 nitrogen and oxygen atoms in total. The summed E-state index contributed by atoms with van der Waals surface area (Å²) in [4.78, 5) is 29.0. The maximum atomic E-state index is 12.5. The van der Waals surface area contributed by atoms with Crippen LogP contribution in [0.3, 0.4) is 0 Å². The van der Waals surface area contributed by atoms with Gasteiger partial charge in [-0.3, -0.25) is 4.79 Å². The lowest BCUT2D eigenvalue weighted by molar-refractivity contribution is -0.125. The van der Waals surface area contributed by atoms with Gasteiger partial charge in [-0.25, -0.2) is 9.78 Å². The first-order chi connectivity index (χ1) is 13.9. The summed E-state index contributed by atoms with van der Waals surface area (Å²) in [6.07, 6.45) is 4.89. The fourth-order valence-electron chi connectivity index (χ4n) is 3.53. The molecule has 3 atom stereocenters. The molecule has 1 fully saturated rings. The van der Waals surface area contributed by atoms with E-state index in [-0.39, 0.29) is 18.6 Å². The number of hydrogen-bond acceptors (Lipinski definition) is 7. The normalized spacial score (nSPS) is 21.6. The maximum absolute atomic E-state index is 12.5. The lowest BCUT2D eigenvalue weighted by Crippen LogP contribution is -2.45. The molecule has 0 radical (unpaired) electrons. The predicted molar refractivity (Wildman–Crippen MR) is 109 cm³/mol. The lowest BCUT2D eigenvalue weighted by Gasteiger charge is -2.34. The molecule has 0 aliphatic heterocycles. The van der Waals surface area contributed by atoms with Gasteiger partial charge in [-0.2, -0.15) is 0 Å². The minimum absolute atomic E-state index is 0.139. The molecule has 0 spiro atoms. The van der Waals surface area contributed by atoms with Crippen LogP contribution in [0.15, 0.2) is 33.9 Å². The standard InChI is InChI=1S/C21H27N3O4S/c1-13-6-4-8-18(15(13)3)23-19(25)11-27-21(26)17-7-5-9-22-20(17)29-12-16-10-14(2)28-24-16/h5,7,9-10,13,15,18H,4,6,8,11-12H2,1-3H3,(H,23,25)/t13-,15-,18+/m0/s1. The molecule has 1 aliphatic rings. The van der Waals surface area contributed by atoms with Crippen molar-refractivity contribution in [2.75, 3.05) is 6.61 Å². The Kier molecular flexibility index (Phi) is 7.30. The monoisotopic (exact) mass is 417 g/mol. The van der Waals surface area contributed by atoms with Gasteiger partial charge in [0.05, 0.1) is 11.3 Å². The largest absolute Gasteiger partial charge is 0.452 e. The Morgan fingerprint density at radius 3 is 2.93 bits per heavy atom. The van der Waals surface area contributed by atoms with Crippen LogP contribution in [-0.2, 0) is 15.3 Å². The highest BCUT2D eigenvalue weighted by molar-refractivity contribution is 7.98. The molecule has 0 aromatic carbocycles. The zero-order valence-corrected chi connectivity index (χ0v) is 17.8. The third kappa shape index (κ3) is 5.82. The summed E-state index contributed by atoms with van der Waals surface area (Å²) in [5.74, 6) is 1.43. The topological polar surface area (TPSA) is 94.3 Å². The fourth-order valence-corrected chi connectivity index (χ4v) is 4.40. The van der Waals surface area contributed by atoms with Gasteiger partial charge in [0.1, 0.15) is 10.8 Å². The van der Waals surface area contributed by atoms with Gasteiger partial charge in [-0.15, -0.1) is 0 Å². The van der Waals surface area contributed by atoms with Crippen LogP contribution in [0.4, 0.5) is 0 Å². The van der Waals surface area contributed by atoms with Crippen molar-refractivity contribution in [3.63, 3.8) is 0 Å². The highest BCUT2D eigenvalue weighted by Gasteiger charge is 2.28. The first-order valence-electron chi connectivity index (χ1n) is 9.90. The molecule has 1 aliphatic carbocycles. The Morgan fingerprint density at radius 2 is 2.17 bits per heavy atom. The van der Waals surface area contributed by atoms with Gasteiger partial charge in [0.25, 0.3) is 5.91 Å². The molecule has 156 valence electrons. The van der Waals surface area contributed by atoms with Crippen molar-refractivity contribution >= 4 is 23.6 Å². The molecule has 2 aromatic rings. The van der Waals surface area contributed by atoms with Crippen LogP contribution >= 0.6 is 11.8 Å². The first kappa shape index (κ1) is 21.4. The van der Waals surface area contributed by atoms with Gasteiger partial charge in [-0.05, 0) is 37.3 Å². The number of ether oxygens (including phenoxy) is 1. The van der Waals surface area contributed by atoms with E-state index in [1.54, 1.807) is 18.3 Å². The highest BCUT2D eigenvalue weighted by atomic mass is 32.2. The quantitative estimate of drug-likeness (QED) is 0.541. The first-order valence-corrected chi connectivity index (χ1v) is 10.9. The van der Waals surface area contributed by atoms with Crippen molar-refractivity contribution in [1.82, 2.24) is 15.5 Å². The van der Waals surface area contributed by atoms with Crippen LogP contribution < -0.4 is 5.32 Å². The second-order valence-corrected chi connectivity index (χ2v) is 8.56. The number of carbonyl (C=O) groups excluding carboxylic acids is 2. The molecule has 3 rings (SSSR count). The van der Waals surface area contributed by atoms with E-state index in [2.05, 4.69) is 29.3 Å². The summed E-state index contributed by atoms with van der Waals surface area (Å²) in [6.45, 7) is 5.91. The predicted octanol–water partition coefficient (Wildman–Crippen LogP) is 3.77. The zero-order chi connectivity index (χ0) is 20.8. The number of thioether (sulfide) groups is 1. The second-order valence-electron chi connectivity index (χ2n) is 7.59. The minimum atomic E-state index is -0.558. The number of pyridine rings is 1. The van der Waals surface area contributed by atoms with E-state index >= 15 is 0 Å². The number of aryl methyl sites for hydroxylation is 1. The number of aromatic nitrogens is 2. The summed E-state index contributed by atoms with van der Waals surface area (Å²) in [5.41, 5.74) is 1.11. The lowest BCUT2D eigenvalue weighted by atomic mass is 9.78. The zero-order valence-electron chi connectivity index (χ0n) is 17.0. The van der Waals surface area contributed by atoms with Crippen molar-refractivity contribution in [1.29, 1.82) is 0 Å². The van der Waals surface area contributed by atoms with E-state index in [0.29, 0.717) is 28.2 Å². The van der Waals surface area contributed by atoms with Crippen LogP contribution in [0.25, 0.3) is 0 Å². The van der Waals surface area contributed by atoms with Gasteiger partial charge in [-0.1, -0.05) is 43.6 Å². The maximum Gasteiger partial charge on any atom is 0.341 e. The van der Waals surface area contributed by atoms with E-state index in [9.17, 15) is 9.59 Å². The van der Waals surface area contributed by atoms with Crippen molar-refractivity contribution in [2.24, 2.45) is 11.8 Å². The number of nitrogens with one attached hydrogen (secondary N) is 1. The third-order valence-electron chi connectivity index (χ3n) is 5.41. The van der Waals surface area contributed by atoms with Gasteiger partial charge in [0.2, 0.25) is 0 Å². The van der Waals surface area contributed by atoms with Gasteiger partial charge in [0.15, 0.2) is 6.61 Å². The van der Waals surface area contributed by atoms with E-state index < -0.39 is 5.97 Å². The molecule has 8 heteroatoms. The Balaban J connectivity index is 1.53. The SMILES string of the molecule is Cc1cc(CSc2ncccc2C(=O)OCC(=O)N[C@@H]2CCC[C@H](C)[C@@H]2C)no1. The number of hydrogen-bond donors (Lipinski definition) is 1. The summed E-state index contributed by atoms with van der Waals surface area (Å²) < 4.78 is 10.3. The summed E-state index contributed by atoms with van der Waals surface area (Å²) in [6, 6.07) is 5.30. The summed E-state index contributed by atoms with van der Waals surface area (Å²) in [5, 5.41) is 7.49. The van der Waals surface area contributed by atoms with Crippen molar-refractivity contribution < 1.29 is 18.8 Å². The molecule has 0 bridgehead atoms. The number of amides is 1. The minimum Gasteiger partial charge on any atom is -0.452 e. The molecule has 0 unspecified atom stereocenters. The Morgan fingerprint density at radius 1 is 1.34 bits per heavy atom. The Bertz CT molecular complexity index is 854. The smallest absolute Gasteiger partial charge is 0.341 e. The molecule has 1 saturated carbocycles. The molecular weight excluding hydrogens is 390 g/mol. The molecule has 0 saturated heterocycles. The number of esters is 1. The third-order valence-corrected chi connectivity index (χ3v) is 6.45. The van der Waals surface area contributed by atoms with E-state index in [0.717, 1.165) is 24.3 Å². The number of nitrogens with zero attached hydrogens (tertiary/aromatic N) is 2. The summed E-state index contributed by atoms with van der Waals surface area (Å²) >= 11 is 1.37. The van der Waals surface area contributed by atoms with E-state index in [4.69, 9.17) is 9.26 Å². The number of carbonyl (C=O) groups is 2. The molecule has 2 aromatic heterocycles.